The summed E-state index contributed by atoms with van der Waals surface area (Å²) in [5.41, 5.74) is 1.58. The third-order valence-electron chi connectivity index (χ3n) is 1.65. The highest BCUT2D eigenvalue weighted by atomic mass is 32.1. The number of ether oxygens (including phenoxy) is 1. The van der Waals surface area contributed by atoms with Gasteiger partial charge in [0, 0.05) is 19.7 Å². The highest BCUT2D eigenvalue weighted by Gasteiger charge is 2.12. The van der Waals surface area contributed by atoms with E-state index in [-0.39, 0.29) is 18.0 Å². The predicted molar refractivity (Wildman–Crippen MR) is 52.6 cm³/mol. The molecule has 1 rings (SSSR count). The molecule has 0 saturated heterocycles. The lowest BCUT2D eigenvalue weighted by molar-refractivity contribution is -0.119. The summed E-state index contributed by atoms with van der Waals surface area (Å²) in [5, 5.41) is 0. The first kappa shape index (κ1) is 11.0. The Morgan fingerprint density at radius 1 is 1.57 bits per heavy atom. The van der Waals surface area contributed by atoms with E-state index in [1.165, 1.54) is 24.6 Å². The largest absolute Gasteiger partial charge is 0.384 e. The van der Waals surface area contributed by atoms with Gasteiger partial charge in [-0.2, -0.15) is 0 Å². The molecule has 0 N–H and O–H groups in total. The van der Waals surface area contributed by atoms with Gasteiger partial charge in [0.1, 0.15) is 5.78 Å². The van der Waals surface area contributed by atoms with Gasteiger partial charge in [-0.15, -0.1) is 11.3 Å². The van der Waals surface area contributed by atoms with Gasteiger partial charge in [0.15, 0.2) is 5.78 Å². The maximum Gasteiger partial charge on any atom is 0.181 e. The van der Waals surface area contributed by atoms with E-state index in [0.29, 0.717) is 17.9 Å². The first-order valence-electron chi connectivity index (χ1n) is 4.16. The van der Waals surface area contributed by atoms with Crippen molar-refractivity contribution in [1.29, 1.82) is 0 Å². The fourth-order valence-electron chi connectivity index (χ4n) is 0.924. The van der Waals surface area contributed by atoms with Crippen LogP contribution in [0.3, 0.4) is 0 Å². The number of carbonyl (C=O) groups is 2. The second-order valence-corrected chi connectivity index (χ2v) is 3.63. The molecule has 0 amide bonds. The molecule has 0 radical (unpaired) electrons. The molecular weight excluding hydrogens is 202 g/mol. The van der Waals surface area contributed by atoms with Gasteiger partial charge in [-0.25, -0.2) is 0 Å². The molecule has 0 saturated carbocycles. The topological polar surface area (TPSA) is 56.3 Å². The monoisotopic (exact) mass is 213 g/mol. The Morgan fingerprint density at radius 3 is 2.93 bits per heavy atom. The van der Waals surface area contributed by atoms with Crippen LogP contribution >= 0.6 is 11.3 Å². The molecule has 0 aliphatic heterocycles. The standard InChI is InChI=1S/C9H11NO3S/c1-13-3-2-7(11)4-8(12)9-5-10-6-14-9/h5-6H,2-4H2,1H3. The van der Waals surface area contributed by atoms with Crippen LogP contribution < -0.4 is 0 Å². The second-order valence-electron chi connectivity index (χ2n) is 2.75. The van der Waals surface area contributed by atoms with Crippen LogP contribution in [0.1, 0.15) is 22.5 Å². The van der Waals surface area contributed by atoms with E-state index >= 15 is 0 Å². The van der Waals surface area contributed by atoms with Gasteiger partial charge in [0.25, 0.3) is 0 Å². The van der Waals surface area contributed by atoms with E-state index in [4.69, 9.17) is 4.74 Å². The van der Waals surface area contributed by atoms with Gasteiger partial charge in [-0.05, 0) is 0 Å². The van der Waals surface area contributed by atoms with Crippen molar-refractivity contribution in [3.05, 3.63) is 16.6 Å². The number of ketones is 2. The fraction of sp³-hybridized carbons (Fsp3) is 0.444. The molecule has 0 atom stereocenters. The maximum absolute atomic E-state index is 11.4. The van der Waals surface area contributed by atoms with Gasteiger partial charge >= 0.3 is 0 Å². The van der Waals surface area contributed by atoms with Crippen molar-refractivity contribution in [1.82, 2.24) is 4.98 Å². The van der Waals surface area contributed by atoms with Crippen molar-refractivity contribution < 1.29 is 14.3 Å². The molecule has 0 aliphatic rings. The Bertz CT molecular complexity index is 308. The quantitative estimate of drug-likeness (QED) is 0.528. The average molecular weight is 213 g/mol. The predicted octanol–water partition coefficient (Wildman–Crippen LogP) is 1.32. The lowest BCUT2D eigenvalue weighted by atomic mass is 10.1. The van der Waals surface area contributed by atoms with Gasteiger partial charge in [-0.1, -0.05) is 0 Å². The van der Waals surface area contributed by atoms with Crippen LogP contribution in [0.25, 0.3) is 0 Å². The van der Waals surface area contributed by atoms with Crippen molar-refractivity contribution in [2.75, 3.05) is 13.7 Å². The number of Topliss-reactive ketones (excluding diaryl/α,β-unsaturated/α-hetero) is 2. The number of nitrogens with zero attached hydrogens (tertiary/aromatic N) is 1. The minimum Gasteiger partial charge on any atom is -0.384 e. The van der Waals surface area contributed by atoms with E-state index in [9.17, 15) is 9.59 Å². The summed E-state index contributed by atoms with van der Waals surface area (Å²) >= 11 is 1.25. The van der Waals surface area contributed by atoms with E-state index < -0.39 is 0 Å². The minimum absolute atomic E-state index is 0.0500. The third kappa shape index (κ3) is 3.35. The zero-order valence-corrected chi connectivity index (χ0v) is 8.67. The maximum atomic E-state index is 11.4. The lowest BCUT2D eigenvalue weighted by Crippen LogP contribution is -2.09. The molecule has 1 aromatic heterocycles. The van der Waals surface area contributed by atoms with E-state index in [2.05, 4.69) is 4.98 Å². The Labute approximate surface area is 85.9 Å². The van der Waals surface area contributed by atoms with E-state index in [0.717, 1.165) is 0 Å². The molecule has 14 heavy (non-hydrogen) atoms. The average Bonchev–Trinajstić information content (AvgIpc) is 2.67. The van der Waals surface area contributed by atoms with Gasteiger partial charge in [0.2, 0.25) is 0 Å². The van der Waals surface area contributed by atoms with Crippen molar-refractivity contribution in [2.24, 2.45) is 0 Å². The van der Waals surface area contributed by atoms with Gasteiger partial charge in [0.05, 0.1) is 23.4 Å². The molecule has 0 aliphatic carbocycles. The molecular formula is C9H11NO3S. The van der Waals surface area contributed by atoms with Crippen molar-refractivity contribution in [3.8, 4) is 0 Å². The summed E-state index contributed by atoms with van der Waals surface area (Å²) in [6, 6.07) is 0. The number of aromatic nitrogens is 1. The van der Waals surface area contributed by atoms with Crippen LogP contribution in [-0.4, -0.2) is 30.3 Å². The third-order valence-corrected chi connectivity index (χ3v) is 2.46. The van der Waals surface area contributed by atoms with Crippen LogP contribution in [0.5, 0.6) is 0 Å². The number of methoxy groups -OCH3 is 1. The molecule has 0 aromatic carbocycles. The van der Waals surface area contributed by atoms with Crippen LogP contribution in [0.15, 0.2) is 11.7 Å². The molecule has 76 valence electrons. The number of hydrogen-bond donors (Lipinski definition) is 0. The molecule has 0 fully saturated rings. The fourth-order valence-corrected chi connectivity index (χ4v) is 1.48. The summed E-state index contributed by atoms with van der Waals surface area (Å²) < 4.78 is 4.74. The number of thiazole rings is 1. The summed E-state index contributed by atoms with van der Waals surface area (Å²) in [7, 11) is 1.53. The van der Waals surface area contributed by atoms with Crippen LogP contribution in [0.4, 0.5) is 0 Å². The number of carbonyl (C=O) groups excluding carboxylic acids is 2. The number of hydrogen-bond acceptors (Lipinski definition) is 5. The summed E-state index contributed by atoms with van der Waals surface area (Å²) in [6.07, 6.45) is 1.73. The van der Waals surface area contributed by atoms with Gasteiger partial charge < -0.3 is 4.74 Å². The van der Waals surface area contributed by atoms with E-state index in [1.54, 1.807) is 5.51 Å². The van der Waals surface area contributed by atoms with Gasteiger partial charge in [-0.3, -0.25) is 14.6 Å². The van der Waals surface area contributed by atoms with Crippen LogP contribution in [-0.2, 0) is 9.53 Å². The molecule has 4 nitrogen and oxygen atoms in total. The normalized spacial score (nSPS) is 10.1. The first-order valence-corrected chi connectivity index (χ1v) is 5.04. The molecule has 1 aromatic rings. The SMILES string of the molecule is COCCC(=O)CC(=O)c1cncs1. The summed E-state index contributed by atoms with van der Waals surface area (Å²) in [5.74, 6) is -0.251. The molecule has 0 spiro atoms. The minimum atomic E-state index is -0.159. The molecule has 0 bridgehead atoms. The smallest absolute Gasteiger partial charge is 0.181 e. The number of rotatable bonds is 6. The lowest BCUT2D eigenvalue weighted by Gasteiger charge is -1.97. The van der Waals surface area contributed by atoms with Crippen LogP contribution in [0, 0.1) is 0 Å². The first-order chi connectivity index (χ1) is 6.74. The second kappa shape index (κ2) is 5.62. The Morgan fingerprint density at radius 2 is 2.36 bits per heavy atom. The van der Waals surface area contributed by atoms with Crippen molar-refractivity contribution in [2.45, 2.75) is 12.8 Å². The highest BCUT2D eigenvalue weighted by molar-refractivity contribution is 7.11. The Balaban J connectivity index is 2.38. The summed E-state index contributed by atoms with van der Waals surface area (Å²) in [6.45, 7) is 0.370. The molecule has 5 heteroatoms. The van der Waals surface area contributed by atoms with Crippen molar-refractivity contribution in [3.63, 3.8) is 0 Å². The Hall–Kier alpha value is -1.07. The highest BCUT2D eigenvalue weighted by Crippen LogP contribution is 2.09. The van der Waals surface area contributed by atoms with Crippen molar-refractivity contribution >= 4 is 22.9 Å². The zero-order chi connectivity index (χ0) is 10.4. The summed E-state index contributed by atoms with van der Waals surface area (Å²) in [4.78, 5) is 26.9. The van der Waals surface area contributed by atoms with Crippen LogP contribution in [0.2, 0.25) is 0 Å². The van der Waals surface area contributed by atoms with E-state index in [1.807, 2.05) is 0 Å². The molecule has 1 heterocycles. The zero-order valence-electron chi connectivity index (χ0n) is 7.86. The Kier molecular flexibility index (Phi) is 4.42. The molecule has 0 unspecified atom stereocenters.